The van der Waals surface area contributed by atoms with Crippen LogP contribution in [-0.2, 0) is 6.54 Å². The van der Waals surface area contributed by atoms with E-state index in [1.807, 2.05) is 30.3 Å². The van der Waals surface area contributed by atoms with Crippen molar-refractivity contribution in [1.82, 2.24) is 9.88 Å². The monoisotopic (exact) mass is 371 g/mol. The Balaban J connectivity index is 1.40. The zero-order valence-corrected chi connectivity index (χ0v) is 15.3. The van der Waals surface area contributed by atoms with Gasteiger partial charge in [-0.3, -0.25) is 9.88 Å². The predicted molar refractivity (Wildman–Crippen MR) is 106 cm³/mol. The van der Waals surface area contributed by atoms with Crippen molar-refractivity contribution in [2.24, 2.45) is 0 Å². The molecule has 1 aliphatic rings. The van der Waals surface area contributed by atoms with Crippen molar-refractivity contribution in [2.45, 2.75) is 6.54 Å². The molecule has 0 atom stereocenters. The summed E-state index contributed by atoms with van der Waals surface area (Å²) in [7, 11) is 0. The molecule has 4 rings (SSSR count). The first kappa shape index (κ1) is 16.6. The van der Waals surface area contributed by atoms with Crippen molar-refractivity contribution in [3.63, 3.8) is 0 Å². The van der Waals surface area contributed by atoms with Gasteiger partial charge in [-0.25, -0.2) is 0 Å². The van der Waals surface area contributed by atoms with Crippen LogP contribution in [0.25, 0.3) is 10.9 Å². The number of piperazine rings is 1. The molecule has 0 N–H and O–H groups in total. The molecule has 0 amide bonds. The van der Waals surface area contributed by atoms with Crippen LogP contribution in [-0.4, -0.2) is 36.1 Å². The molecule has 2 aromatic carbocycles. The summed E-state index contributed by atoms with van der Waals surface area (Å²) in [5.41, 5.74) is 3.33. The van der Waals surface area contributed by atoms with E-state index in [-0.39, 0.29) is 0 Å². The molecule has 1 aliphatic heterocycles. The van der Waals surface area contributed by atoms with Crippen LogP contribution in [0.1, 0.15) is 5.69 Å². The third kappa shape index (κ3) is 3.74. The summed E-state index contributed by atoms with van der Waals surface area (Å²) in [4.78, 5) is 9.58. The fraction of sp³-hybridized carbons (Fsp3) is 0.250. The molecular formula is C20H19Cl2N3. The van der Waals surface area contributed by atoms with E-state index >= 15 is 0 Å². The average Bonchev–Trinajstić information content (AvgIpc) is 2.65. The number of rotatable bonds is 3. The topological polar surface area (TPSA) is 19.4 Å². The molecule has 128 valence electrons. The average molecular weight is 372 g/mol. The van der Waals surface area contributed by atoms with Gasteiger partial charge in [0.05, 0.1) is 21.3 Å². The van der Waals surface area contributed by atoms with Gasteiger partial charge in [0.2, 0.25) is 0 Å². The van der Waals surface area contributed by atoms with Crippen LogP contribution >= 0.6 is 23.2 Å². The second kappa shape index (κ2) is 7.20. The van der Waals surface area contributed by atoms with E-state index < -0.39 is 0 Å². The van der Waals surface area contributed by atoms with Gasteiger partial charge in [0, 0.05) is 43.8 Å². The molecule has 1 aromatic heterocycles. The maximum Gasteiger partial charge on any atom is 0.0705 e. The summed E-state index contributed by atoms with van der Waals surface area (Å²) in [6, 6.07) is 18.4. The second-order valence-corrected chi connectivity index (χ2v) is 7.17. The van der Waals surface area contributed by atoms with Crippen molar-refractivity contribution < 1.29 is 0 Å². The van der Waals surface area contributed by atoms with Crippen LogP contribution in [0.3, 0.4) is 0 Å². The first-order valence-corrected chi connectivity index (χ1v) is 9.22. The molecule has 0 radical (unpaired) electrons. The van der Waals surface area contributed by atoms with Gasteiger partial charge in [0.1, 0.15) is 0 Å². The van der Waals surface area contributed by atoms with Crippen molar-refractivity contribution >= 4 is 39.8 Å². The minimum absolute atomic E-state index is 0.603. The summed E-state index contributed by atoms with van der Waals surface area (Å²) in [6.07, 6.45) is 0. The lowest BCUT2D eigenvalue weighted by Crippen LogP contribution is -2.46. The van der Waals surface area contributed by atoms with Gasteiger partial charge in [-0.05, 0) is 30.3 Å². The minimum atomic E-state index is 0.603. The molecule has 0 aliphatic carbocycles. The van der Waals surface area contributed by atoms with Crippen molar-refractivity contribution in [1.29, 1.82) is 0 Å². The number of fused-ring (bicyclic) bond motifs is 1. The lowest BCUT2D eigenvalue weighted by atomic mass is 10.2. The van der Waals surface area contributed by atoms with Crippen LogP contribution in [0.15, 0.2) is 54.6 Å². The molecule has 1 fully saturated rings. The van der Waals surface area contributed by atoms with Gasteiger partial charge in [-0.2, -0.15) is 0 Å². The van der Waals surface area contributed by atoms with Crippen LogP contribution in [0.4, 0.5) is 5.69 Å². The molecule has 3 nitrogen and oxygen atoms in total. The number of hydrogen-bond donors (Lipinski definition) is 0. The van der Waals surface area contributed by atoms with E-state index in [9.17, 15) is 0 Å². The Morgan fingerprint density at radius 1 is 0.840 bits per heavy atom. The quantitative estimate of drug-likeness (QED) is 0.654. The molecule has 0 bridgehead atoms. The van der Waals surface area contributed by atoms with E-state index in [0.717, 1.165) is 49.6 Å². The van der Waals surface area contributed by atoms with Gasteiger partial charge in [0.25, 0.3) is 0 Å². The SMILES string of the molecule is Clc1ccc(N2CCN(Cc3ccc4ccccc4n3)CC2)cc1Cl. The van der Waals surface area contributed by atoms with Crippen LogP contribution in [0.2, 0.25) is 10.0 Å². The molecule has 1 saturated heterocycles. The molecule has 0 spiro atoms. The van der Waals surface area contributed by atoms with E-state index in [0.29, 0.717) is 10.0 Å². The number of halogens is 2. The third-order valence-electron chi connectivity index (χ3n) is 4.68. The molecular weight excluding hydrogens is 353 g/mol. The third-order valence-corrected chi connectivity index (χ3v) is 5.42. The maximum absolute atomic E-state index is 6.14. The number of pyridine rings is 1. The zero-order valence-electron chi connectivity index (χ0n) is 13.8. The Hall–Kier alpha value is -1.81. The lowest BCUT2D eigenvalue weighted by molar-refractivity contribution is 0.247. The molecule has 5 heteroatoms. The van der Waals surface area contributed by atoms with Crippen molar-refractivity contribution in [2.75, 3.05) is 31.1 Å². The van der Waals surface area contributed by atoms with E-state index in [2.05, 4.69) is 34.1 Å². The van der Waals surface area contributed by atoms with E-state index in [4.69, 9.17) is 28.2 Å². The largest absolute Gasteiger partial charge is 0.369 e. The summed E-state index contributed by atoms with van der Waals surface area (Å²) >= 11 is 12.1. The molecule has 3 aromatic rings. The maximum atomic E-state index is 6.14. The number of aromatic nitrogens is 1. The zero-order chi connectivity index (χ0) is 17.2. The van der Waals surface area contributed by atoms with Crippen molar-refractivity contribution in [3.8, 4) is 0 Å². The number of nitrogens with zero attached hydrogens (tertiary/aromatic N) is 3. The Bertz CT molecular complexity index is 889. The summed E-state index contributed by atoms with van der Waals surface area (Å²) in [5, 5.41) is 2.41. The predicted octanol–water partition coefficient (Wildman–Crippen LogP) is 4.86. The smallest absolute Gasteiger partial charge is 0.0705 e. The van der Waals surface area contributed by atoms with Gasteiger partial charge >= 0.3 is 0 Å². The lowest BCUT2D eigenvalue weighted by Gasteiger charge is -2.36. The highest BCUT2D eigenvalue weighted by Gasteiger charge is 2.18. The number of benzene rings is 2. The highest BCUT2D eigenvalue weighted by Crippen LogP contribution is 2.28. The minimum Gasteiger partial charge on any atom is -0.369 e. The van der Waals surface area contributed by atoms with Crippen LogP contribution in [0, 0.1) is 0 Å². The van der Waals surface area contributed by atoms with Gasteiger partial charge in [-0.1, -0.05) is 47.5 Å². The number of anilines is 1. The fourth-order valence-electron chi connectivity index (χ4n) is 3.27. The highest BCUT2D eigenvalue weighted by molar-refractivity contribution is 6.42. The Kier molecular flexibility index (Phi) is 4.80. The Morgan fingerprint density at radius 2 is 1.64 bits per heavy atom. The molecule has 2 heterocycles. The molecule has 25 heavy (non-hydrogen) atoms. The number of hydrogen-bond acceptors (Lipinski definition) is 3. The molecule has 0 unspecified atom stereocenters. The van der Waals surface area contributed by atoms with Gasteiger partial charge in [0.15, 0.2) is 0 Å². The van der Waals surface area contributed by atoms with Crippen molar-refractivity contribution in [3.05, 3.63) is 70.3 Å². The standard InChI is InChI=1S/C20H19Cl2N3/c21-18-8-7-17(13-19(18)22)25-11-9-24(10-12-25)14-16-6-5-15-3-1-2-4-20(15)23-16/h1-8,13H,9-12,14H2. The normalized spacial score (nSPS) is 15.7. The van der Waals surface area contributed by atoms with Crippen LogP contribution < -0.4 is 4.90 Å². The number of para-hydroxylation sites is 1. The first-order chi connectivity index (χ1) is 12.2. The van der Waals surface area contributed by atoms with E-state index in [1.54, 1.807) is 0 Å². The highest BCUT2D eigenvalue weighted by atomic mass is 35.5. The van der Waals surface area contributed by atoms with E-state index in [1.165, 1.54) is 5.39 Å². The first-order valence-electron chi connectivity index (χ1n) is 8.46. The summed E-state index contributed by atoms with van der Waals surface area (Å²) < 4.78 is 0. The second-order valence-electron chi connectivity index (χ2n) is 6.36. The van der Waals surface area contributed by atoms with Gasteiger partial charge < -0.3 is 4.90 Å². The Morgan fingerprint density at radius 3 is 2.44 bits per heavy atom. The molecule has 0 saturated carbocycles. The van der Waals surface area contributed by atoms with Gasteiger partial charge in [-0.15, -0.1) is 0 Å². The summed E-state index contributed by atoms with van der Waals surface area (Å²) in [5.74, 6) is 0. The summed E-state index contributed by atoms with van der Waals surface area (Å²) in [6.45, 7) is 4.86. The van der Waals surface area contributed by atoms with Crippen LogP contribution in [0.5, 0.6) is 0 Å². The fourth-order valence-corrected chi connectivity index (χ4v) is 3.56. The Labute approximate surface area is 157 Å².